The number of anilines is 1. The predicted octanol–water partition coefficient (Wildman–Crippen LogP) is 5.87. The van der Waals surface area contributed by atoms with Crippen LogP contribution in [0.25, 0.3) is 0 Å². The zero-order chi connectivity index (χ0) is 25.7. The highest BCUT2D eigenvalue weighted by Gasteiger charge is 2.62. The summed E-state index contributed by atoms with van der Waals surface area (Å²) in [4.78, 5) is 13.7. The number of carbonyl (C=O) groups excluding carboxylic acids is 1. The van der Waals surface area contributed by atoms with Crippen molar-refractivity contribution in [3.63, 3.8) is 0 Å². The normalized spacial score (nSPS) is 42.2. The summed E-state index contributed by atoms with van der Waals surface area (Å²) in [5, 5.41) is 19.0. The molecule has 202 valence electrons. The van der Waals surface area contributed by atoms with E-state index < -0.39 is 5.60 Å². The second-order valence-electron chi connectivity index (χ2n) is 13.1. The monoisotopic (exact) mass is 499 g/mol. The van der Waals surface area contributed by atoms with Crippen LogP contribution in [-0.4, -0.2) is 39.6 Å². The molecule has 4 fully saturated rings. The van der Waals surface area contributed by atoms with Crippen molar-refractivity contribution in [3.8, 4) is 0 Å². The molecule has 1 heterocycles. The van der Waals surface area contributed by atoms with Crippen molar-refractivity contribution in [2.75, 3.05) is 18.5 Å². The van der Waals surface area contributed by atoms with Crippen LogP contribution in [-0.2, 0) is 16.6 Å². The van der Waals surface area contributed by atoms with Gasteiger partial charge in [0.1, 0.15) is 5.82 Å². The van der Waals surface area contributed by atoms with Gasteiger partial charge in [0.15, 0.2) is 0 Å². The van der Waals surface area contributed by atoms with E-state index in [0.29, 0.717) is 36.4 Å². The van der Waals surface area contributed by atoms with Crippen molar-refractivity contribution in [3.05, 3.63) is 11.8 Å². The van der Waals surface area contributed by atoms with Gasteiger partial charge in [-0.25, -0.2) is 0 Å². The highest BCUT2D eigenvalue weighted by Crippen LogP contribution is 2.68. The smallest absolute Gasteiger partial charge is 0.229 e. The summed E-state index contributed by atoms with van der Waals surface area (Å²) in [6.45, 7) is 9.99. The van der Waals surface area contributed by atoms with Gasteiger partial charge in [0, 0.05) is 25.6 Å². The minimum atomic E-state index is -0.645. The van der Waals surface area contributed by atoms with Gasteiger partial charge in [-0.15, -0.1) is 0 Å². The summed E-state index contributed by atoms with van der Waals surface area (Å²) in [5.41, 5.74) is 0.712. The molecule has 1 aromatic heterocycles. The van der Waals surface area contributed by atoms with E-state index in [1.54, 1.807) is 4.68 Å². The molecule has 4 saturated carbocycles. The third kappa shape index (κ3) is 4.24. The number of rotatable bonds is 6. The number of aromatic nitrogens is 2. The Labute approximate surface area is 217 Å². The van der Waals surface area contributed by atoms with Gasteiger partial charge >= 0.3 is 0 Å². The third-order valence-electron chi connectivity index (χ3n) is 11.6. The van der Waals surface area contributed by atoms with E-state index in [9.17, 15) is 9.90 Å². The Morgan fingerprint density at radius 3 is 2.67 bits per heavy atom. The van der Waals surface area contributed by atoms with E-state index in [1.807, 2.05) is 27.0 Å². The molecule has 6 nitrogen and oxygen atoms in total. The van der Waals surface area contributed by atoms with Gasteiger partial charge in [-0.1, -0.05) is 20.3 Å². The lowest BCUT2D eigenvalue weighted by Gasteiger charge is -2.65. The quantitative estimate of drug-likeness (QED) is 0.513. The Hall–Kier alpha value is -1.40. The van der Waals surface area contributed by atoms with Crippen LogP contribution >= 0.6 is 0 Å². The van der Waals surface area contributed by atoms with E-state index in [2.05, 4.69) is 24.3 Å². The number of ether oxygens (including phenoxy) is 1. The fourth-order valence-electron chi connectivity index (χ4n) is 9.83. The van der Waals surface area contributed by atoms with Crippen LogP contribution < -0.4 is 5.32 Å². The molecule has 36 heavy (non-hydrogen) atoms. The number of carbonyl (C=O) groups is 1. The molecule has 2 N–H and O–H groups in total. The van der Waals surface area contributed by atoms with Crippen molar-refractivity contribution in [1.82, 2.24) is 9.78 Å². The van der Waals surface area contributed by atoms with Crippen molar-refractivity contribution >= 4 is 11.7 Å². The van der Waals surface area contributed by atoms with Crippen LogP contribution in [0.1, 0.15) is 97.1 Å². The Morgan fingerprint density at radius 1 is 1.17 bits per heavy atom. The van der Waals surface area contributed by atoms with E-state index >= 15 is 0 Å². The van der Waals surface area contributed by atoms with Crippen LogP contribution in [0.2, 0.25) is 0 Å². The lowest BCUT2D eigenvalue weighted by atomic mass is 9.40. The minimum absolute atomic E-state index is 0.0727. The molecule has 6 heteroatoms. The van der Waals surface area contributed by atoms with Crippen LogP contribution in [0.15, 0.2) is 6.07 Å². The Kier molecular flexibility index (Phi) is 7.08. The van der Waals surface area contributed by atoms with Gasteiger partial charge in [0.2, 0.25) is 5.91 Å². The lowest BCUT2D eigenvalue weighted by Crippen LogP contribution is -2.60. The molecule has 0 aliphatic heterocycles. The van der Waals surface area contributed by atoms with Crippen molar-refractivity contribution in [1.29, 1.82) is 0 Å². The highest BCUT2D eigenvalue weighted by molar-refractivity contribution is 5.92. The molecular weight excluding hydrogens is 450 g/mol. The summed E-state index contributed by atoms with van der Waals surface area (Å²) in [6.07, 6.45) is 12.4. The summed E-state index contributed by atoms with van der Waals surface area (Å²) in [5.74, 6) is 3.76. The predicted molar refractivity (Wildman–Crippen MR) is 142 cm³/mol. The topological polar surface area (TPSA) is 76.4 Å². The van der Waals surface area contributed by atoms with Gasteiger partial charge in [-0.05, 0) is 113 Å². The van der Waals surface area contributed by atoms with E-state index in [-0.39, 0.29) is 17.2 Å². The second kappa shape index (κ2) is 9.72. The van der Waals surface area contributed by atoms with E-state index in [4.69, 9.17) is 4.74 Å². The molecule has 4 aliphatic carbocycles. The summed E-state index contributed by atoms with van der Waals surface area (Å²) >= 11 is 0. The molecule has 0 saturated heterocycles. The molecule has 4 aliphatic rings. The van der Waals surface area contributed by atoms with Crippen LogP contribution in [0.4, 0.5) is 5.82 Å². The van der Waals surface area contributed by atoms with Crippen molar-refractivity contribution in [2.45, 2.75) is 104 Å². The van der Waals surface area contributed by atoms with Crippen LogP contribution in [0.5, 0.6) is 0 Å². The largest absolute Gasteiger partial charge is 0.387 e. The first-order chi connectivity index (χ1) is 17.2. The first-order valence-corrected chi connectivity index (χ1v) is 14.8. The molecule has 8 atom stereocenters. The molecule has 0 bridgehead atoms. The third-order valence-corrected chi connectivity index (χ3v) is 11.6. The van der Waals surface area contributed by atoms with Gasteiger partial charge in [-0.2, -0.15) is 5.10 Å². The summed E-state index contributed by atoms with van der Waals surface area (Å²) in [6, 6.07) is 1.97. The molecule has 1 aromatic rings. The summed E-state index contributed by atoms with van der Waals surface area (Å²) in [7, 11) is 1.90. The minimum Gasteiger partial charge on any atom is -0.387 e. The number of fused-ring (bicyclic) bond motifs is 5. The van der Waals surface area contributed by atoms with Gasteiger partial charge in [-0.3, -0.25) is 9.48 Å². The number of hydrogen-bond acceptors (Lipinski definition) is 4. The first kappa shape index (κ1) is 26.2. The standard InChI is InChI=1S/C30H49N3O3/c1-6-30-16-15-29(35,19-36-7-2)18-21(30)11-12-22-23-9-8-10-25(28(23,4)14-13-24(22)30)27(34)31-26-17-20(3)32-33(26)5/h17,21-25,35H,6-16,18-19H2,1-5H3,(H,31,34). The molecule has 0 spiro atoms. The maximum Gasteiger partial charge on any atom is 0.229 e. The number of nitrogens with one attached hydrogen (secondary N) is 1. The Bertz CT molecular complexity index is 961. The zero-order valence-electron chi connectivity index (χ0n) is 23.3. The molecule has 1 amide bonds. The lowest BCUT2D eigenvalue weighted by molar-refractivity contribution is -0.185. The first-order valence-electron chi connectivity index (χ1n) is 14.8. The number of amides is 1. The zero-order valence-corrected chi connectivity index (χ0v) is 23.3. The SMILES string of the molecule is CCOCC1(O)CCC2(CC)C(CCC3C4CCCC(C(=O)Nc5cc(C)nn5C)C4(C)CCC32)C1. The molecule has 0 radical (unpaired) electrons. The van der Waals surface area contributed by atoms with Crippen LogP contribution in [0, 0.1) is 47.3 Å². The Morgan fingerprint density at radius 2 is 1.97 bits per heavy atom. The van der Waals surface area contributed by atoms with Crippen molar-refractivity contribution < 1.29 is 14.6 Å². The average molecular weight is 500 g/mol. The maximum atomic E-state index is 13.7. The van der Waals surface area contributed by atoms with E-state index in [1.165, 1.54) is 32.1 Å². The summed E-state index contributed by atoms with van der Waals surface area (Å²) < 4.78 is 7.49. The molecule has 8 unspecified atom stereocenters. The number of hydrogen-bond donors (Lipinski definition) is 2. The van der Waals surface area contributed by atoms with Gasteiger partial charge in [0.05, 0.1) is 17.9 Å². The van der Waals surface area contributed by atoms with Crippen LogP contribution in [0.3, 0.4) is 0 Å². The average Bonchev–Trinajstić information content (AvgIpc) is 3.17. The maximum absolute atomic E-state index is 13.7. The molecular formula is C30H49N3O3. The highest BCUT2D eigenvalue weighted by atomic mass is 16.5. The number of aryl methyl sites for hydroxylation is 2. The molecule has 0 aromatic carbocycles. The molecule has 5 rings (SSSR count). The number of nitrogens with zero attached hydrogens (tertiary/aromatic N) is 2. The van der Waals surface area contributed by atoms with Crippen molar-refractivity contribution in [2.24, 2.45) is 47.5 Å². The second-order valence-corrected chi connectivity index (χ2v) is 13.1. The fourth-order valence-corrected chi connectivity index (χ4v) is 9.83. The fraction of sp³-hybridized carbons (Fsp3) is 0.867. The van der Waals surface area contributed by atoms with Gasteiger partial charge < -0.3 is 15.2 Å². The number of aliphatic hydroxyl groups is 1. The van der Waals surface area contributed by atoms with E-state index in [0.717, 1.165) is 56.0 Å². The van der Waals surface area contributed by atoms with Gasteiger partial charge in [0.25, 0.3) is 0 Å². The Balaban J connectivity index is 1.35.